The summed E-state index contributed by atoms with van der Waals surface area (Å²) in [6.45, 7) is 0. The Bertz CT molecular complexity index is 546. The molecule has 9 heteroatoms. The fourth-order valence-electron chi connectivity index (χ4n) is 1.31. The third-order valence-corrected chi connectivity index (χ3v) is 3.99. The lowest BCUT2D eigenvalue weighted by atomic mass is 10.2. The van der Waals surface area contributed by atoms with Crippen LogP contribution in [0, 0.1) is 10.1 Å². The molecular weight excluding hydrogens is 274 g/mol. The summed E-state index contributed by atoms with van der Waals surface area (Å²) in [4.78, 5) is 14.4. The average molecular weight is 283 g/mol. The molecule has 0 fully saturated rings. The molecular formula is C9H9N5O2S2. The van der Waals surface area contributed by atoms with Crippen molar-refractivity contribution in [2.75, 3.05) is 5.43 Å². The predicted octanol–water partition coefficient (Wildman–Crippen LogP) is 2.02. The van der Waals surface area contributed by atoms with E-state index in [0.717, 1.165) is 9.90 Å². The Kier molecular flexibility index (Phi) is 4.07. The maximum Gasteiger partial charge on any atom is 0.293 e. The zero-order valence-electron chi connectivity index (χ0n) is 9.07. The Morgan fingerprint density at radius 3 is 3.00 bits per heavy atom. The summed E-state index contributed by atoms with van der Waals surface area (Å²) >= 11 is 2.78. The molecule has 0 spiro atoms. The van der Waals surface area contributed by atoms with Crippen LogP contribution in [0.2, 0.25) is 0 Å². The zero-order valence-corrected chi connectivity index (χ0v) is 10.7. The molecule has 1 aromatic carbocycles. The zero-order chi connectivity index (χ0) is 13.0. The highest BCUT2D eigenvalue weighted by molar-refractivity contribution is 8.00. The van der Waals surface area contributed by atoms with Crippen LogP contribution < -0.4 is 11.3 Å². The maximum absolute atomic E-state index is 10.8. The van der Waals surface area contributed by atoms with E-state index < -0.39 is 4.92 Å². The first-order valence-corrected chi connectivity index (χ1v) is 6.60. The van der Waals surface area contributed by atoms with E-state index in [9.17, 15) is 10.1 Å². The minimum Gasteiger partial charge on any atom is -0.318 e. The Morgan fingerprint density at radius 2 is 2.39 bits per heavy atom. The molecule has 7 nitrogen and oxygen atoms in total. The van der Waals surface area contributed by atoms with Crippen LogP contribution in [0.4, 0.5) is 11.4 Å². The minimum atomic E-state index is -0.464. The van der Waals surface area contributed by atoms with E-state index >= 15 is 0 Å². The van der Waals surface area contributed by atoms with Gasteiger partial charge in [-0.05, 0) is 23.2 Å². The quantitative estimate of drug-likeness (QED) is 0.374. The average Bonchev–Trinajstić information content (AvgIpc) is 2.89. The number of nitro groups is 1. The molecule has 0 aliphatic rings. The van der Waals surface area contributed by atoms with Crippen LogP contribution in [0.3, 0.4) is 0 Å². The van der Waals surface area contributed by atoms with Crippen molar-refractivity contribution in [3.05, 3.63) is 40.2 Å². The first-order valence-electron chi connectivity index (χ1n) is 4.84. The molecule has 2 aromatic rings. The van der Waals surface area contributed by atoms with Crippen molar-refractivity contribution < 1.29 is 4.92 Å². The molecule has 18 heavy (non-hydrogen) atoms. The number of benzene rings is 1. The van der Waals surface area contributed by atoms with Gasteiger partial charge in [0, 0.05) is 11.8 Å². The summed E-state index contributed by atoms with van der Waals surface area (Å²) in [7, 11) is 0. The largest absolute Gasteiger partial charge is 0.318 e. The van der Waals surface area contributed by atoms with Crippen LogP contribution in [-0.2, 0) is 5.75 Å². The third kappa shape index (κ3) is 2.94. The lowest BCUT2D eigenvalue weighted by molar-refractivity contribution is -0.384. The van der Waals surface area contributed by atoms with Gasteiger partial charge in [-0.1, -0.05) is 17.8 Å². The highest BCUT2D eigenvalue weighted by atomic mass is 32.2. The van der Waals surface area contributed by atoms with Gasteiger partial charge in [-0.3, -0.25) is 16.0 Å². The molecule has 0 aliphatic carbocycles. The van der Waals surface area contributed by atoms with Crippen molar-refractivity contribution >= 4 is 34.7 Å². The second-order valence-electron chi connectivity index (χ2n) is 3.25. The molecule has 0 amide bonds. The Balaban J connectivity index is 2.14. The van der Waals surface area contributed by atoms with Crippen molar-refractivity contribution in [3.8, 4) is 0 Å². The predicted molar refractivity (Wildman–Crippen MR) is 70.4 cm³/mol. The van der Waals surface area contributed by atoms with Gasteiger partial charge < -0.3 is 5.43 Å². The summed E-state index contributed by atoms with van der Waals surface area (Å²) in [6, 6.07) is 4.88. The van der Waals surface area contributed by atoms with Gasteiger partial charge in [0.25, 0.3) is 5.69 Å². The second-order valence-corrected chi connectivity index (χ2v) is 5.25. The standard InChI is InChI=1S/C9H9N5O2S2/c10-13-7-2-1-6(3-8(7)14(15)16)4-17-9-11-5-12-18-9/h1-3,5,13H,4,10H2. The van der Waals surface area contributed by atoms with Gasteiger partial charge in [0.2, 0.25) is 0 Å². The van der Waals surface area contributed by atoms with Gasteiger partial charge in [0.15, 0.2) is 4.34 Å². The summed E-state index contributed by atoms with van der Waals surface area (Å²) in [5.41, 5.74) is 3.40. The third-order valence-electron chi connectivity index (χ3n) is 2.12. The van der Waals surface area contributed by atoms with E-state index in [4.69, 9.17) is 5.84 Å². The molecule has 0 saturated heterocycles. The number of nitro benzene ring substituents is 1. The lowest BCUT2D eigenvalue weighted by Crippen LogP contribution is -2.09. The Labute approximate surface area is 111 Å². The maximum atomic E-state index is 10.8. The van der Waals surface area contributed by atoms with Crippen molar-refractivity contribution in [1.29, 1.82) is 0 Å². The van der Waals surface area contributed by atoms with E-state index in [1.165, 1.54) is 35.7 Å². The van der Waals surface area contributed by atoms with E-state index in [2.05, 4.69) is 14.8 Å². The van der Waals surface area contributed by atoms with Crippen LogP contribution in [0.15, 0.2) is 28.9 Å². The fourth-order valence-corrected chi connectivity index (χ4v) is 2.70. The summed E-state index contributed by atoms with van der Waals surface area (Å²) in [5.74, 6) is 5.81. The van der Waals surface area contributed by atoms with Crippen LogP contribution in [0.25, 0.3) is 0 Å². The van der Waals surface area contributed by atoms with Crippen LogP contribution in [0.1, 0.15) is 5.56 Å². The van der Waals surface area contributed by atoms with Crippen molar-refractivity contribution in [2.45, 2.75) is 10.1 Å². The van der Waals surface area contributed by atoms with Crippen LogP contribution in [0.5, 0.6) is 0 Å². The van der Waals surface area contributed by atoms with Crippen molar-refractivity contribution in [2.24, 2.45) is 5.84 Å². The molecule has 1 aromatic heterocycles. The number of rotatable bonds is 5. The van der Waals surface area contributed by atoms with E-state index in [-0.39, 0.29) is 5.69 Å². The molecule has 1 heterocycles. The monoisotopic (exact) mass is 283 g/mol. The lowest BCUT2D eigenvalue weighted by Gasteiger charge is -2.04. The van der Waals surface area contributed by atoms with Crippen molar-refractivity contribution in [1.82, 2.24) is 9.36 Å². The SMILES string of the molecule is NNc1ccc(CSc2ncns2)cc1[N+](=O)[O-]. The molecule has 0 unspecified atom stereocenters. The number of anilines is 1. The minimum absolute atomic E-state index is 0.0344. The number of nitrogen functional groups attached to an aromatic ring is 1. The van der Waals surface area contributed by atoms with Gasteiger partial charge >= 0.3 is 0 Å². The Hall–Kier alpha value is -1.71. The molecule has 0 saturated carbocycles. The van der Waals surface area contributed by atoms with Gasteiger partial charge in [0.05, 0.1) is 4.92 Å². The number of hydrazine groups is 1. The normalized spacial score (nSPS) is 10.3. The van der Waals surface area contributed by atoms with Crippen LogP contribution >= 0.6 is 23.3 Å². The smallest absolute Gasteiger partial charge is 0.293 e. The molecule has 2 rings (SSSR count). The number of nitrogens with zero attached hydrogens (tertiary/aromatic N) is 3. The molecule has 94 valence electrons. The van der Waals surface area contributed by atoms with Gasteiger partial charge in [-0.25, -0.2) is 4.98 Å². The Morgan fingerprint density at radius 1 is 1.56 bits per heavy atom. The van der Waals surface area contributed by atoms with Gasteiger partial charge in [-0.15, -0.1) is 0 Å². The molecule has 3 N–H and O–H groups in total. The number of nitrogens with two attached hydrogens (primary N) is 1. The molecule has 0 aliphatic heterocycles. The molecule has 0 atom stereocenters. The number of thioether (sulfide) groups is 1. The molecule has 0 radical (unpaired) electrons. The van der Waals surface area contributed by atoms with Gasteiger partial charge in [-0.2, -0.15) is 4.37 Å². The van der Waals surface area contributed by atoms with E-state index in [0.29, 0.717) is 11.4 Å². The first-order chi connectivity index (χ1) is 8.70. The van der Waals surface area contributed by atoms with E-state index in [1.807, 2.05) is 0 Å². The number of nitrogens with one attached hydrogen (secondary N) is 1. The number of aromatic nitrogens is 2. The van der Waals surface area contributed by atoms with Crippen LogP contribution in [-0.4, -0.2) is 14.3 Å². The highest BCUT2D eigenvalue weighted by Crippen LogP contribution is 2.29. The van der Waals surface area contributed by atoms with E-state index in [1.54, 1.807) is 12.1 Å². The summed E-state index contributed by atoms with van der Waals surface area (Å²) in [6.07, 6.45) is 1.48. The topological polar surface area (TPSA) is 107 Å². The van der Waals surface area contributed by atoms with Crippen molar-refractivity contribution in [3.63, 3.8) is 0 Å². The first kappa shape index (κ1) is 12.7. The summed E-state index contributed by atoms with van der Waals surface area (Å²) in [5, 5.41) is 10.8. The number of hydrogen-bond acceptors (Lipinski definition) is 8. The fraction of sp³-hybridized carbons (Fsp3) is 0.111. The number of hydrogen-bond donors (Lipinski definition) is 2. The second kappa shape index (κ2) is 5.76. The molecule has 0 bridgehead atoms. The highest BCUT2D eigenvalue weighted by Gasteiger charge is 2.13. The van der Waals surface area contributed by atoms with Gasteiger partial charge in [0.1, 0.15) is 12.0 Å². The summed E-state index contributed by atoms with van der Waals surface area (Å²) < 4.78 is 4.71.